The molecule has 6 rings (SSSR count). The van der Waals surface area contributed by atoms with E-state index in [2.05, 4.69) is 64.4 Å². The van der Waals surface area contributed by atoms with Crippen LogP contribution in [0.5, 0.6) is 0 Å². The average molecular weight is 443 g/mol. The van der Waals surface area contributed by atoms with Crippen molar-refractivity contribution in [2.24, 2.45) is 5.92 Å². The maximum Gasteiger partial charge on any atom is 0.142 e. The van der Waals surface area contributed by atoms with Crippen LogP contribution in [0.25, 0.3) is 0 Å². The van der Waals surface area contributed by atoms with Gasteiger partial charge in [0.15, 0.2) is 0 Å². The number of carbonyl (C=O) groups excluding carboxylic acids is 1. The van der Waals surface area contributed by atoms with Gasteiger partial charge in [0.25, 0.3) is 0 Å². The Morgan fingerprint density at radius 2 is 1.61 bits per heavy atom. The minimum Gasteiger partial charge on any atom is -0.367 e. The number of piperidine rings is 1. The zero-order valence-corrected chi connectivity index (χ0v) is 19.9. The van der Waals surface area contributed by atoms with Crippen LogP contribution in [-0.2, 0) is 11.2 Å². The third kappa shape index (κ3) is 4.14. The van der Waals surface area contributed by atoms with Gasteiger partial charge in [0.1, 0.15) is 5.78 Å². The number of para-hydroxylation sites is 1. The Morgan fingerprint density at radius 1 is 0.848 bits per heavy atom. The lowest BCUT2D eigenvalue weighted by Gasteiger charge is -2.40. The molecule has 0 radical (unpaired) electrons. The highest BCUT2D eigenvalue weighted by atomic mass is 16.1. The molecule has 2 aromatic rings. The van der Waals surface area contributed by atoms with Crippen molar-refractivity contribution in [3.05, 3.63) is 65.7 Å². The Balaban J connectivity index is 1.05. The Morgan fingerprint density at radius 3 is 2.42 bits per heavy atom. The standard InChI is InChI=1S/C30H38N2O/c33-29-13-6-12-28-30(29)26-10-4-5-11-27(26)32(28)19-7-18-31-24-16-17-25(31)21-23(20-24)15-14-22-8-2-1-3-9-22/h1-5,8-11,23-25,28,30H,6-7,12-21H2. The van der Waals surface area contributed by atoms with Gasteiger partial charge < -0.3 is 4.90 Å². The van der Waals surface area contributed by atoms with E-state index in [1.807, 2.05) is 0 Å². The molecule has 2 bridgehead atoms. The predicted molar refractivity (Wildman–Crippen MR) is 135 cm³/mol. The van der Waals surface area contributed by atoms with Crippen molar-refractivity contribution in [2.75, 3.05) is 18.0 Å². The number of Topliss-reactive ketones (excluding diaryl/α,β-unsaturated/α-hetero) is 1. The number of ketones is 1. The third-order valence-corrected chi connectivity index (χ3v) is 9.12. The third-order valence-electron chi connectivity index (χ3n) is 9.12. The lowest BCUT2D eigenvalue weighted by Crippen LogP contribution is -2.45. The maximum absolute atomic E-state index is 12.7. The van der Waals surface area contributed by atoms with Gasteiger partial charge in [0, 0.05) is 43.3 Å². The average Bonchev–Trinajstić information content (AvgIpc) is 3.29. The van der Waals surface area contributed by atoms with E-state index in [0.717, 1.165) is 37.4 Å². The molecule has 0 N–H and O–H groups in total. The number of rotatable bonds is 7. The van der Waals surface area contributed by atoms with Crippen molar-refractivity contribution in [3.8, 4) is 0 Å². The molecule has 1 aliphatic carbocycles. The van der Waals surface area contributed by atoms with Crippen LogP contribution in [0, 0.1) is 5.92 Å². The van der Waals surface area contributed by atoms with Crippen LogP contribution in [0.1, 0.15) is 74.8 Å². The van der Waals surface area contributed by atoms with Crippen molar-refractivity contribution < 1.29 is 4.79 Å². The summed E-state index contributed by atoms with van der Waals surface area (Å²) in [5, 5.41) is 0. The molecule has 0 spiro atoms. The highest BCUT2D eigenvalue weighted by molar-refractivity contribution is 5.92. The summed E-state index contributed by atoms with van der Waals surface area (Å²) in [6, 6.07) is 21.8. The van der Waals surface area contributed by atoms with Gasteiger partial charge >= 0.3 is 0 Å². The lowest BCUT2D eigenvalue weighted by atomic mass is 9.81. The summed E-state index contributed by atoms with van der Waals surface area (Å²) in [5.74, 6) is 1.50. The van der Waals surface area contributed by atoms with Crippen molar-refractivity contribution in [1.29, 1.82) is 0 Å². The SMILES string of the molecule is O=C1CCCC2C1c1ccccc1N2CCCN1C2CCC1CC(CCc1ccccc1)C2. The number of hydrogen-bond acceptors (Lipinski definition) is 3. The van der Waals surface area contributed by atoms with Gasteiger partial charge in [0.05, 0.1) is 5.92 Å². The van der Waals surface area contributed by atoms with E-state index in [9.17, 15) is 4.79 Å². The largest absolute Gasteiger partial charge is 0.367 e. The normalized spacial score (nSPS) is 31.0. The first-order chi connectivity index (χ1) is 16.3. The van der Waals surface area contributed by atoms with Crippen molar-refractivity contribution in [1.82, 2.24) is 4.90 Å². The second-order valence-corrected chi connectivity index (χ2v) is 11.0. The second kappa shape index (κ2) is 9.25. The molecule has 3 heteroatoms. The number of nitrogens with zero attached hydrogens (tertiary/aromatic N) is 2. The molecule has 4 aliphatic rings. The Bertz CT molecular complexity index is 958. The fourth-order valence-electron chi connectivity index (χ4n) is 7.64. The molecular formula is C30H38N2O. The molecule has 0 amide bonds. The van der Waals surface area contributed by atoms with Gasteiger partial charge in [-0.2, -0.15) is 0 Å². The first kappa shape index (κ1) is 21.4. The van der Waals surface area contributed by atoms with Crippen LogP contribution >= 0.6 is 0 Å². The maximum atomic E-state index is 12.7. The van der Waals surface area contributed by atoms with Gasteiger partial charge in [0.2, 0.25) is 0 Å². The molecular weight excluding hydrogens is 404 g/mol. The van der Waals surface area contributed by atoms with E-state index in [1.54, 1.807) is 0 Å². The minimum atomic E-state index is 0.131. The second-order valence-electron chi connectivity index (χ2n) is 11.0. The van der Waals surface area contributed by atoms with E-state index in [0.29, 0.717) is 11.8 Å². The van der Waals surface area contributed by atoms with Gasteiger partial charge in [-0.25, -0.2) is 0 Å². The number of hydrogen-bond donors (Lipinski definition) is 0. The smallest absolute Gasteiger partial charge is 0.142 e. The molecule has 3 heterocycles. The lowest BCUT2D eigenvalue weighted by molar-refractivity contribution is -0.122. The first-order valence-corrected chi connectivity index (χ1v) is 13.5. The molecule has 2 aromatic carbocycles. The molecule has 4 atom stereocenters. The van der Waals surface area contributed by atoms with Gasteiger partial charge in [-0.05, 0) is 80.9 Å². The molecule has 1 saturated carbocycles. The van der Waals surface area contributed by atoms with Crippen molar-refractivity contribution in [3.63, 3.8) is 0 Å². The molecule has 3 nitrogen and oxygen atoms in total. The number of benzene rings is 2. The summed E-state index contributed by atoms with van der Waals surface area (Å²) < 4.78 is 0. The molecule has 3 aliphatic heterocycles. The Hall–Kier alpha value is -2.13. The van der Waals surface area contributed by atoms with E-state index < -0.39 is 0 Å². The number of carbonyl (C=O) groups is 1. The molecule has 174 valence electrons. The van der Waals surface area contributed by atoms with Crippen LogP contribution in [0.3, 0.4) is 0 Å². The molecule has 2 saturated heterocycles. The molecule has 33 heavy (non-hydrogen) atoms. The zero-order valence-electron chi connectivity index (χ0n) is 19.9. The molecule has 4 unspecified atom stereocenters. The molecule has 0 aromatic heterocycles. The summed E-state index contributed by atoms with van der Waals surface area (Å²) in [4.78, 5) is 18.2. The quantitative estimate of drug-likeness (QED) is 0.527. The van der Waals surface area contributed by atoms with Crippen molar-refractivity contribution >= 4 is 11.5 Å². The topological polar surface area (TPSA) is 23.6 Å². The van der Waals surface area contributed by atoms with E-state index >= 15 is 0 Å². The number of fused-ring (bicyclic) bond motifs is 5. The van der Waals surface area contributed by atoms with E-state index in [1.165, 1.54) is 74.7 Å². The van der Waals surface area contributed by atoms with Crippen LogP contribution in [-0.4, -0.2) is 41.9 Å². The van der Waals surface area contributed by atoms with Crippen molar-refractivity contribution in [2.45, 2.75) is 88.3 Å². The number of anilines is 1. The summed E-state index contributed by atoms with van der Waals surface area (Å²) in [7, 11) is 0. The van der Waals surface area contributed by atoms with Gasteiger partial charge in [-0.1, -0.05) is 48.5 Å². The Kier molecular flexibility index (Phi) is 6.00. The molecule has 3 fully saturated rings. The fraction of sp³-hybridized carbons (Fsp3) is 0.567. The van der Waals surface area contributed by atoms with E-state index in [-0.39, 0.29) is 5.92 Å². The highest BCUT2D eigenvalue weighted by Gasteiger charge is 2.44. The highest BCUT2D eigenvalue weighted by Crippen LogP contribution is 2.46. The van der Waals surface area contributed by atoms with Gasteiger partial charge in [-0.15, -0.1) is 0 Å². The predicted octanol–water partition coefficient (Wildman–Crippen LogP) is 5.98. The van der Waals surface area contributed by atoms with Gasteiger partial charge in [-0.3, -0.25) is 9.69 Å². The van der Waals surface area contributed by atoms with E-state index in [4.69, 9.17) is 0 Å². The zero-order chi connectivity index (χ0) is 22.2. The Labute approximate surface area is 199 Å². The van der Waals surface area contributed by atoms with Crippen LogP contribution < -0.4 is 4.90 Å². The number of aryl methyl sites for hydroxylation is 1. The van der Waals surface area contributed by atoms with Crippen LogP contribution in [0.2, 0.25) is 0 Å². The summed E-state index contributed by atoms with van der Waals surface area (Å²) in [6.07, 6.45) is 12.4. The minimum absolute atomic E-state index is 0.131. The summed E-state index contributed by atoms with van der Waals surface area (Å²) in [6.45, 7) is 2.32. The summed E-state index contributed by atoms with van der Waals surface area (Å²) in [5.41, 5.74) is 4.13. The summed E-state index contributed by atoms with van der Waals surface area (Å²) >= 11 is 0. The first-order valence-electron chi connectivity index (χ1n) is 13.5. The van der Waals surface area contributed by atoms with Crippen LogP contribution in [0.15, 0.2) is 54.6 Å². The van der Waals surface area contributed by atoms with Crippen LogP contribution in [0.4, 0.5) is 5.69 Å². The monoisotopic (exact) mass is 442 g/mol. The fourth-order valence-corrected chi connectivity index (χ4v) is 7.64.